The Labute approximate surface area is 129 Å². The topological polar surface area (TPSA) is 52.9 Å². The van der Waals surface area contributed by atoms with E-state index in [4.69, 9.17) is 11.6 Å². The molecular formula is C17H17ClN2O. The monoisotopic (exact) mass is 300 g/mol. The van der Waals surface area contributed by atoms with Crippen molar-refractivity contribution in [1.82, 2.24) is 5.32 Å². The number of hydrogen-bond acceptors (Lipinski definition) is 2. The van der Waals surface area contributed by atoms with Crippen molar-refractivity contribution in [2.24, 2.45) is 5.41 Å². The van der Waals surface area contributed by atoms with Crippen molar-refractivity contribution in [3.8, 4) is 6.07 Å². The Kier molecular flexibility index (Phi) is 3.73. The Bertz CT molecular complexity index is 651. The summed E-state index contributed by atoms with van der Waals surface area (Å²) in [5, 5.41) is 12.6. The highest BCUT2D eigenvalue weighted by atomic mass is 35.5. The lowest BCUT2D eigenvalue weighted by Crippen LogP contribution is -2.33. The molecule has 0 radical (unpaired) electrons. The molecule has 21 heavy (non-hydrogen) atoms. The lowest BCUT2D eigenvalue weighted by atomic mass is 9.68. The molecule has 0 bridgehead atoms. The Hall–Kier alpha value is -1.79. The van der Waals surface area contributed by atoms with Crippen molar-refractivity contribution in [1.29, 1.82) is 5.26 Å². The quantitative estimate of drug-likeness (QED) is 0.851. The molecule has 1 saturated carbocycles. The van der Waals surface area contributed by atoms with E-state index in [9.17, 15) is 10.1 Å². The van der Waals surface area contributed by atoms with E-state index in [0.29, 0.717) is 5.70 Å². The first-order valence-corrected chi connectivity index (χ1v) is 7.82. The summed E-state index contributed by atoms with van der Waals surface area (Å²) < 4.78 is 0. The van der Waals surface area contributed by atoms with Crippen LogP contribution >= 0.6 is 11.6 Å². The number of halogens is 1. The van der Waals surface area contributed by atoms with Gasteiger partial charge in [-0.1, -0.05) is 37.1 Å². The van der Waals surface area contributed by atoms with Gasteiger partial charge in [0.15, 0.2) is 0 Å². The van der Waals surface area contributed by atoms with Gasteiger partial charge < -0.3 is 5.32 Å². The second-order valence-corrected chi connectivity index (χ2v) is 6.13. The lowest BCUT2D eigenvalue weighted by Gasteiger charge is -2.36. The number of rotatable bonds is 2. The number of carbonyl (C=O) groups is 1. The molecule has 2 aliphatic carbocycles. The first-order valence-electron chi connectivity index (χ1n) is 7.29. The molecule has 1 spiro atoms. The Morgan fingerprint density at radius 3 is 2.71 bits per heavy atom. The summed E-state index contributed by atoms with van der Waals surface area (Å²) >= 11 is 5.62. The predicted octanol–water partition coefficient (Wildman–Crippen LogP) is 3.39. The Balaban J connectivity index is 2.17. The summed E-state index contributed by atoms with van der Waals surface area (Å²) in [6.45, 7) is 0. The summed E-state index contributed by atoms with van der Waals surface area (Å²) in [7, 11) is 0. The molecule has 3 rings (SSSR count). The van der Waals surface area contributed by atoms with Crippen LogP contribution in [0.2, 0.25) is 0 Å². The highest BCUT2D eigenvalue weighted by Crippen LogP contribution is 2.51. The molecule has 1 amide bonds. The third-order valence-electron chi connectivity index (χ3n) is 4.65. The average molecular weight is 301 g/mol. The number of carbonyl (C=O) groups excluding carboxylic acids is 1. The van der Waals surface area contributed by atoms with Crippen LogP contribution in [0.3, 0.4) is 0 Å². The third-order valence-corrected chi connectivity index (χ3v) is 4.90. The second kappa shape index (κ2) is 5.54. The van der Waals surface area contributed by atoms with Gasteiger partial charge in [0.1, 0.15) is 5.88 Å². The van der Waals surface area contributed by atoms with E-state index in [0.717, 1.165) is 43.2 Å². The van der Waals surface area contributed by atoms with Crippen molar-refractivity contribution in [2.45, 2.75) is 32.1 Å². The number of nitrogens with one attached hydrogen (secondary N) is 1. The number of fused-ring (bicyclic) bond motifs is 1. The molecule has 1 aromatic carbocycles. The number of allylic oxidation sites excluding steroid dienone is 1. The van der Waals surface area contributed by atoms with Gasteiger partial charge in [-0.15, -0.1) is 11.6 Å². The van der Waals surface area contributed by atoms with E-state index in [1.54, 1.807) is 0 Å². The zero-order valence-corrected chi connectivity index (χ0v) is 12.5. The molecular weight excluding hydrogens is 284 g/mol. The number of alkyl halides is 1. The molecule has 0 aliphatic heterocycles. The van der Waals surface area contributed by atoms with Crippen molar-refractivity contribution in [3.63, 3.8) is 0 Å². The van der Waals surface area contributed by atoms with Gasteiger partial charge in [-0.2, -0.15) is 5.26 Å². The predicted molar refractivity (Wildman–Crippen MR) is 82.4 cm³/mol. The highest BCUT2D eigenvalue weighted by Gasteiger charge is 2.43. The van der Waals surface area contributed by atoms with Crippen LogP contribution in [0.15, 0.2) is 29.8 Å². The first kappa shape index (κ1) is 14.2. The summed E-state index contributed by atoms with van der Waals surface area (Å²) in [5.74, 6) is -0.360. The van der Waals surface area contributed by atoms with Crippen LogP contribution in [0.4, 0.5) is 0 Å². The van der Waals surface area contributed by atoms with Gasteiger partial charge in [-0.3, -0.25) is 4.79 Å². The molecule has 1 fully saturated rings. The Morgan fingerprint density at radius 1 is 1.33 bits per heavy atom. The zero-order valence-electron chi connectivity index (χ0n) is 11.8. The number of nitriles is 1. The molecule has 1 N–H and O–H groups in total. The molecule has 0 heterocycles. The van der Waals surface area contributed by atoms with Crippen LogP contribution in [0, 0.1) is 16.7 Å². The molecule has 2 aliphatic rings. The molecule has 3 nitrogen and oxygen atoms in total. The fourth-order valence-corrected chi connectivity index (χ4v) is 3.79. The van der Waals surface area contributed by atoms with E-state index in [1.165, 1.54) is 5.56 Å². The van der Waals surface area contributed by atoms with Crippen molar-refractivity contribution in [2.75, 3.05) is 5.88 Å². The van der Waals surface area contributed by atoms with Crippen LogP contribution in [0.1, 0.15) is 36.8 Å². The minimum atomic E-state index is -0.260. The molecule has 0 saturated heterocycles. The SMILES string of the molecule is N#CC1=C(NC(=O)CCl)c2ccccc2CC12CCCC2. The summed E-state index contributed by atoms with van der Waals surface area (Å²) in [4.78, 5) is 11.8. The maximum absolute atomic E-state index is 11.8. The maximum Gasteiger partial charge on any atom is 0.239 e. The number of nitrogens with zero attached hydrogens (tertiary/aromatic N) is 1. The van der Waals surface area contributed by atoms with E-state index in [2.05, 4.69) is 17.5 Å². The van der Waals surface area contributed by atoms with Gasteiger partial charge in [0.25, 0.3) is 0 Å². The zero-order chi connectivity index (χ0) is 14.9. The van der Waals surface area contributed by atoms with E-state index < -0.39 is 0 Å². The number of amides is 1. The van der Waals surface area contributed by atoms with E-state index >= 15 is 0 Å². The van der Waals surface area contributed by atoms with E-state index in [1.807, 2.05) is 18.2 Å². The van der Waals surface area contributed by atoms with Gasteiger partial charge >= 0.3 is 0 Å². The molecule has 0 aromatic heterocycles. The van der Waals surface area contributed by atoms with Crippen LogP contribution in [0.5, 0.6) is 0 Å². The highest BCUT2D eigenvalue weighted by molar-refractivity contribution is 6.27. The van der Waals surface area contributed by atoms with Gasteiger partial charge in [-0.25, -0.2) is 0 Å². The largest absolute Gasteiger partial charge is 0.324 e. The van der Waals surface area contributed by atoms with Gasteiger partial charge in [0.2, 0.25) is 5.91 Å². The standard InChI is InChI=1S/C17H17ClN2O/c18-10-15(21)20-16-13-6-2-1-5-12(13)9-17(14(16)11-19)7-3-4-8-17/h1-2,5-6H,3-4,7-10H2,(H,20,21). The van der Waals surface area contributed by atoms with Crippen LogP contribution < -0.4 is 5.32 Å². The molecule has 1 aromatic rings. The number of benzene rings is 1. The smallest absolute Gasteiger partial charge is 0.239 e. The molecule has 0 unspecified atom stereocenters. The van der Waals surface area contributed by atoms with Gasteiger partial charge in [-0.05, 0) is 24.8 Å². The normalized spacial score (nSPS) is 19.2. The second-order valence-electron chi connectivity index (χ2n) is 5.86. The fourth-order valence-electron chi connectivity index (χ4n) is 3.73. The minimum Gasteiger partial charge on any atom is -0.324 e. The lowest BCUT2D eigenvalue weighted by molar-refractivity contribution is -0.117. The number of hydrogen-bond donors (Lipinski definition) is 1. The van der Waals surface area contributed by atoms with Crippen LogP contribution in [-0.4, -0.2) is 11.8 Å². The third kappa shape index (κ3) is 2.34. The van der Waals surface area contributed by atoms with Crippen molar-refractivity contribution < 1.29 is 4.79 Å². The van der Waals surface area contributed by atoms with Crippen molar-refractivity contribution in [3.05, 3.63) is 41.0 Å². The minimum absolute atomic E-state index is 0.0992. The summed E-state index contributed by atoms with van der Waals surface area (Å²) in [5.41, 5.74) is 3.48. The first-order chi connectivity index (χ1) is 10.2. The average Bonchev–Trinajstić information content (AvgIpc) is 2.96. The Morgan fingerprint density at radius 2 is 2.05 bits per heavy atom. The maximum atomic E-state index is 11.8. The van der Waals surface area contributed by atoms with Crippen LogP contribution in [0.25, 0.3) is 5.70 Å². The molecule has 4 heteroatoms. The van der Waals surface area contributed by atoms with E-state index in [-0.39, 0.29) is 17.2 Å². The van der Waals surface area contributed by atoms with Crippen molar-refractivity contribution >= 4 is 23.2 Å². The fraction of sp³-hybridized carbons (Fsp3) is 0.412. The summed E-state index contributed by atoms with van der Waals surface area (Å²) in [6, 6.07) is 10.4. The summed E-state index contributed by atoms with van der Waals surface area (Å²) in [6.07, 6.45) is 5.22. The van der Waals surface area contributed by atoms with Gasteiger partial charge in [0.05, 0.1) is 17.3 Å². The van der Waals surface area contributed by atoms with Gasteiger partial charge in [0, 0.05) is 11.0 Å². The van der Waals surface area contributed by atoms with Crippen LogP contribution in [-0.2, 0) is 11.2 Å². The molecule has 108 valence electrons. The molecule has 0 atom stereocenters.